The predicted octanol–water partition coefficient (Wildman–Crippen LogP) is -6.26. The average Bonchev–Trinajstić information content (AvgIpc) is 2.03. The van der Waals surface area contributed by atoms with Crippen LogP contribution in [-0.4, -0.2) is 26.1 Å². The lowest BCUT2D eigenvalue weighted by molar-refractivity contribution is -0.596. The molecule has 0 fully saturated rings. The van der Waals surface area contributed by atoms with E-state index in [1.54, 1.807) is 0 Å². The Morgan fingerprint density at radius 1 is 1.20 bits per heavy atom. The van der Waals surface area contributed by atoms with Crippen molar-refractivity contribution in [1.29, 1.82) is 0 Å². The molecule has 1 atom stereocenters. The summed E-state index contributed by atoms with van der Waals surface area (Å²) >= 11 is 21.6. The number of hydrogen-bond acceptors (Lipinski definition) is 5. The molecule has 0 saturated heterocycles. The van der Waals surface area contributed by atoms with Crippen molar-refractivity contribution in [3.63, 3.8) is 0 Å². The molecule has 0 bridgehead atoms. The molecule has 6 nitrogen and oxygen atoms in total. The number of nitrogens with zero attached hydrogens (tertiary/aromatic N) is 4. The van der Waals surface area contributed by atoms with E-state index in [0.717, 1.165) is 3.94 Å². The molecule has 0 saturated carbocycles. The van der Waals surface area contributed by atoms with Crippen LogP contribution in [0.3, 0.4) is 0 Å². The molecule has 1 aliphatic rings. The highest BCUT2D eigenvalue weighted by Gasteiger charge is 2.26. The Morgan fingerprint density at radius 3 is 2.13 bits per heavy atom. The first kappa shape index (κ1) is 18.0. The lowest BCUT2D eigenvalue weighted by Gasteiger charge is -2.17. The molecule has 0 radical (unpaired) electrons. The average molecular weight is 338 g/mol. The van der Waals surface area contributed by atoms with E-state index in [4.69, 9.17) is 52.8 Å². The smallest absolute Gasteiger partial charge is 0.302 e. The fraction of sp³-hybridized carbons (Fsp3) is 0.333. The third-order valence-corrected chi connectivity index (χ3v) is 1.85. The van der Waals surface area contributed by atoms with Crippen LogP contribution in [-0.2, 0) is 0 Å². The molecule has 15 heavy (non-hydrogen) atoms. The van der Waals surface area contributed by atoms with Gasteiger partial charge in [-0.3, -0.25) is 0 Å². The Morgan fingerprint density at radius 2 is 1.73 bits per heavy atom. The van der Waals surface area contributed by atoms with Crippen molar-refractivity contribution in [2.45, 2.75) is 6.29 Å². The molecule has 0 aliphatic carbocycles. The van der Waals surface area contributed by atoms with Crippen LogP contribution in [0, 0.1) is 0 Å². The maximum atomic E-state index is 5.44. The molecule has 90 valence electrons. The first-order chi connectivity index (χ1) is 6.00. The summed E-state index contributed by atoms with van der Waals surface area (Å²) < 4.78 is 1.48. The maximum absolute atomic E-state index is 5.44. The van der Waals surface area contributed by atoms with Crippen molar-refractivity contribution in [2.75, 3.05) is 0 Å². The minimum atomic E-state index is -0.643. The van der Waals surface area contributed by atoms with E-state index in [0.29, 0.717) is 3.94 Å². The summed E-state index contributed by atoms with van der Waals surface area (Å²) in [6, 6.07) is 0. The summed E-state index contributed by atoms with van der Waals surface area (Å²) in [6.07, 6.45) is -0.643. The maximum Gasteiger partial charge on any atom is 0.302 e. The molecule has 1 aliphatic heterocycles. The Kier molecular flexibility index (Phi) is 9.36. The lowest BCUT2D eigenvalue weighted by atomic mass is 10.7. The van der Waals surface area contributed by atoms with Gasteiger partial charge in [-0.15, -0.1) is 4.99 Å². The Bertz CT molecular complexity index is 251. The van der Waals surface area contributed by atoms with Crippen LogP contribution in [0.4, 0.5) is 0 Å². The SMILES string of the molecule is NC1=NC(N(Cl)Cl)=NC(N(Cl)Cl)[NH2+]1.[Cl-].[Cl-]. The predicted molar refractivity (Wildman–Crippen MR) is 51.9 cm³/mol. The van der Waals surface area contributed by atoms with Gasteiger partial charge in [-0.2, -0.15) is 8.93 Å². The molecule has 4 N–H and O–H groups in total. The summed E-state index contributed by atoms with van der Waals surface area (Å²) in [5.41, 5.74) is 5.42. The van der Waals surface area contributed by atoms with E-state index < -0.39 is 6.29 Å². The van der Waals surface area contributed by atoms with Crippen molar-refractivity contribution in [3.05, 3.63) is 0 Å². The van der Waals surface area contributed by atoms with Gasteiger partial charge in [-0.05, 0) is 0 Å². The zero-order valence-electron chi connectivity index (χ0n) is 6.79. The first-order valence-electron chi connectivity index (χ1n) is 3.00. The van der Waals surface area contributed by atoms with Gasteiger partial charge in [0, 0.05) is 47.1 Å². The van der Waals surface area contributed by atoms with Crippen LogP contribution in [0.1, 0.15) is 0 Å². The summed E-state index contributed by atoms with van der Waals surface area (Å²) in [5, 5.41) is 1.45. The summed E-state index contributed by atoms with van der Waals surface area (Å²) in [4.78, 5) is 7.57. The number of halogens is 6. The molecular weight excluding hydrogens is 333 g/mol. The second kappa shape index (κ2) is 7.81. The molecule has 12 heteroatoms. The third-order valence-electron chi connectivity index (χ3n) is 1.15. The fourth-order valence-corrected chi connectivity index (χ4v) is 1.03. The normalized spacial score (nSPS) is 19.7. The van der Waals surface area contributed by atoms with Crippen LogP contribution < -0.4 is 35.9 Å². The summed E-state index contributed by atoms with van der Waals surface area (Å²) in [6.45, 7) is 0. The van der Waals surface area contributed by atoms with Gasteiger partial charge in [0.1, 0.15) is 0 Å². The van der Waals surface area contributed by atoms with E-state index in [9.17, 15) is 0 Å². The van der Waals surface area contributed by atoms with Crippen molar-refractivity contribution >= 4 is 59.0 Å². The number of guanidine groups is 2. The monoisotopic (exact) mass is 335 g/mol. The second-order valence-corrected chi connectivity index (χ2v) is 3.79. The van der Waals surface area contributed by atoms with Gasteiger partial charge in [0.05, 0.1) is 0 Å². The quantitative estimate of drug-likeness (QED) is 0.468. The number of rotatable bonds is 1. The van der Waals surface area contributed by atoms with Gasteiger partial charge in [-0.25, -0.2) is 5.32 Å². The van der Waals surface area contributed by atoms with Gasteiger partial charge in [0.2, 0.25) is 0 Å². The highest BCUT2D eigenvalue weighted by molar-refractivity contribution is 6.42. The Balaban J connectivity index is 0. The zero-order valence-corrected chi connectivity index (χ0v) is 11.3. The lowest BCUT2D eigenvalue weighted by Crippen LogP contribution is -3.00. The Labute approximate surface area is 119 Å². The highest BCUT2D eigenvalue weighted by atomic mass is 35.5. The number of quaternary nitrogens is 1. The molecule has 1 rings (SSSR count). The number of hydrogen-bond donors (Lipinski definition) is 2. The van der Waals surface area contributed by atoms with Gasteiger partial charge < -0.3 is 30.5 Å². The number of nitrogens with two attached hydrogens (primary N) is 2. The molecule has 0 aromatic carbocycles. The van der Waals surface area contributed by atoms with Crippen LogP contribution in [0.25, 0.3) is 0 Å². The zero-order chi connectivity index (χ0) is 10.0. The molecule has 0 amide bonds. The Hall–Kier alpha value is 0.600. The molecule has 1 heterocycles. The first-order valence-corrected chi connectivity index (χ1v) is 4.35. The van der Waals surface area contributed by atoms with Crippen LogP contribution in [0.5, 0.6) is 0 Å². The largest absolute Gasteiger partial charge is 1.00 e. The van der Waals surface area contributed by atoms with Gasteiger partial charge in [-0.1, -0.05) is 3.94 Å². The standard InChI is InChI=1S/C3H4Cl4N6.2ClH/c4-12(5)2-9-1(8)10-3(11-2)13(6)7;;/h2H,(H3,8,9,10,11);2*1H/p-1. The van der Waals surface area contributed by atoms with E-state index in [2.05, 4.69) is 9.98 Å². The van der Waals surface area contributed by atoms with Crippen molar-refractivity contribution in [2.24, 2.45) is 15.7 Å². The fourth-order valence-electron chi connectivity index (χ4n) is 0.671. The number of aliphatic imine (C=N–C) groups is 2. The molecule has 0 aromatic heterocycles. The van der Waals surface area contributed by atoms with E-state index in [-0.39, 0.29) is 36.7 Å². The molecule has 1 unspecified atom stereocenters. The van der Waals surface area contributed by atoms with Crippen molar-refractivity contribution < 1.29 is 30.1 Å². The van der Waals surface area contributed by atoms with Crippen molar-refractivity contribution in [3.8, 4) is 0 Å². The molecular formula is C3H5Cl6N6-. The second-order valence-electron chi connectivity index (χ2n) is 2.04. The van der Waals surface area contributed by atoms with Crippen LogP contribution >= 0.6 is 47.1 Å². The third kappa shape index (κ3) is 5.46. The van der Waals surface area contributed by atoms with Gasteiger partial charge in [0.15, 0.2) is 0 Å². The van der Waals surface area contributed by atoms with E-state index >= 15 is 0 Å². The van der Waals surface area contributed by atoms with Gasteiger partial charge >= 0.3 is 5.96 Å². The molecule has 0 spiro atoms. The van der Waals surface area contributed by atoms with Gasteiger partial charge in [0.25, 0.3) is 12.2 Å². The van der Waals surface area contributed by atoms with Crippen LogP contribution in [0.15, 0.2) is 9.98 Å². The van der Waals surface area contributed by atoms with E-state index in [1.165, 1.54) is 5.32 Å². The topological polar surface area (TPSA) is 73.8 Å². The minimum Gasteiger partial charge on any atom is -1.00 e. The highest BCUT2D eigenvalue weighted by Crippen LogP contribution is 2.09. The molecule has 0 aromatic rings. The van der Waals surface area contributed by atoms with E-state index in [1.807, 2.05) is 0 Å². The van der Waals surface area contributed by atoms with Crippen molar-refractivity contribution in [1.82, 2.24) is 7.88 Å². The summed E-state index contributed by atoms with van der Waals surface area (Å²) in [5.74, 6) is 0.215. The minimum absolute atomic E-state index is 0. The summed E-state index contributed by atoms with van der Waals surface area (Å²) in [7, 11) is 0. The van der Waals surface area contributed by atoms with Crippen LogP contribution in [0.2, 0.25) is 0 Å².